The van der Waals surface area contributed by atoms with Crippen LogP contribution in [0.25, 0.3) is 11.1 Å². The summed E-state index contributed by atoms with van der Waals surface area (Å²) < 4.78 is 66.0. The lowest BCUT2D eigenvalue weighted by molar-refractivity contribution is 0.538. The lowest BCUT2D eigenvalue weighted by atomic mass is 10.0. The van der Waals surface area contributed by atoms with Gasteiger partial charge in [-0.15, -0.1) is 0 Å². The monoisotopic (exact) mass is 244 g/mol. The van der Waals surface area contributed by atoms with Gasteiger partial charge in [-0.05, 0) is 12.1 Å². The maximum Gasteiger partial charge on any atom is 0.137 e. The Bertz CT molecular complexity index is 534. The van der Waals surface area contributed by atoms with Crippen molar-refractivity contribution in [2.45, 2.75) is 0 Å². The Balaban J connectivity index is 2.77. The number of hydrogen-bond donors (Lipinski definition) is 0. The molecule has 88 valence electrons. The van der Waals surface area contributed by atoms with Crippen LogP contribution < -0.4 is 0 Å². The van der Waals surface area contributed by atoms with Crippen molar-refractivity contribution in [2.24, 2.45) is 0 Å². The summed E-state index contributed by atoms with van der Waals surface area (Å²) in [5.74, 6) is -6.10. The summed E-state index contributed by atoms with van der Waals surface area (Å²) in [4.78, 5) is 0. The van der Waals surface area contributed by atoms with Crippen LogP contribution in [0.2, 0.25) is 0 Å². The normalized spacial score (nSPS) is 10.6. The van der Waals surface area contributed by atoms with Crippen LogP contribution in [-0.2, 0) is 0 Å². The highest BCUT2D eigenvalue weighted by Crippen LogP contribution is 2.31. The first-order valence-electron chi connectivity index (χ1n) is 4.59. The minimum absolute atomic E-state index is 0.365. The lowest BCUT2D eigenvalue weighted by Gasteiger charge is -2.07. The van der Waals surface area contributed by atoms with Gasteiger partial charge in [0.05, 0.1) is 11.1 Å². The smallest absolute Gasteiger partial charge is 0.137 e. The predicted octanol–water partition coefficient (Wildman–Crippen LogP) is 4.05. The van der Waals surface area contributed by atoms with Crippen molar-refractivity contribution in [3.63, 3.8) is 0 Å². The molecule has 0 nitrogen and oxygen atoms in total. The van der Waals surface area contributed by atoms with E-state index >= 15 is 0 Å². The summed E-state index contributed by atoms with van der Waals surface area (Å²) >= 11 is 0. The van der Waals surface area contributed by atoms with Crippen molar-refractivity contribution in [1.29, 1.82) is 0 Å². The number of benzene rings is 2. The zero-order valence-corrected chi connectivity index (χ0v) is 8.28. The molecule has 17 heavy (non-hydrogen) atoms. The zero-order valence-electron chi connectivity index (χ0n) is 8.28. The van der Waals surface area contributed by atoms with E-state index < -0.39 is 40.2 Å². The molecule has 2 aromatic carbocycles. The van der Waals surface area contributed by atoms with E-state index in [1.54, 1.807) is 0 Å². The molecule has 0 aliphatic heterocycles. The van der Waals surface area contributed by atoms with E-state index in [9.17, 15) is 22.0 Å². The third-order valence-electron chi connectivity index (χ3n) is 2.22. The van der Waals surface area contributed by atoms with Gasteiger partial charge >= 0.3 is 0 Å². The molecule has 0 bridgehead atoms. The molecule has 0 fully saturated rings. The highest BCUT2D eigenvalue weighted by atomic mass is 19.2. The average Bonchev–Trinajstić information content (AvgIpc) is 2.21. The summed E-state index contributed by atoms with van der Waals surface area (Å²) in [6.45, 7) is 0. The minimum atomic E-state index is -1.36. The highest BCUT2D eigenvalue weighted by molar-refractivity contribution is 5.66. The first-order chi connectivity index (χ1) is 8.00. The van der Waals surface area contributed by atoms with E-state index in [4.69, 9.17) is 0 Å². The molecule has 5 heteroatoms. The fourth-order valence-electron chi connectivity index (χ4n) is 1.52. The fraction of sp³-hybridized carbons (Fsp3) is 0. The largest absolute Gasteiger partial charge is 0.207 e. The molecule has 0 unspecified atom stereocenters. The quantitative estimate of drug-likeness (QED) is 0.664. The number of rotatable bonds is 1. The van der Waals surface area contributed by atoms with Gasteiger partial charge in [0, 0.05) is 12.1 Å². The van der Waals surface area contributed by atoms with E-state index in [-0.39, 0.29) is 0 Å². The standard InChI is InChI=1S/C12H5F5/c13-6-4-9(16)12(10(17)5-6)11-7(14)2-1-3-8(11)15/h1-5H. The molecule has 0 amide bonds. The molecule has 2 rings (SSSR count). The van der Waals surface area contributed by atoms with Crippen LogP contribution in [0.1, 0.15) is 0 Å². The van der Waals surface area contributed by atoms with Gasteiger partial charge in [0.25, 0.3) is 0 Å². The summed E-state index contributed by atoms with van der Waals surface area (Å²) in [7, 11) is 0. The van der Waals surface area contributed by atoms with Crippen LogP contribution in [0.5, 0.6) is 0 Å². The van der Waals surface area contributed by atoms with Crippen LogP contribution in [0.3, 0.4) is 0 Å². The van der Waals surface area contributed by atoms with Crippen LogP contribution in [0.4, 0.5) is 22.0 Å². The summed E-state index contributed by atoms with van der Waals surface area (Å²) in [5.41, 5.74) is -1.76. The maximum atomic E-state index is 13.3. The third-order valence-corrected chi connectivity index (χ3v) is 2.22. The first-order valence-corrected chi connectivity index (χ1v) is 4.59. The van der Waals surface area contributed by atoms with Crippen LogP contribution in [0, 0.1) is 29.1 Å². The Morgan fingerprint density at radius 3 is 1.47 bits per heavy atom. The van der Waals surface area contributed by atoms with Gasteiger partial charge in [-0.1, -0.05) is 6.07 Å². The summed E-state index contributed by atoms with van der Waals surface area (Å²) in [6, 6.07) is 3.52. The molecule has 0 radical (unpaired) electrons. The molecular weight excluding hydrogens is 239 g/mol. The van der Waals surface area contributed by atoms with Gasteiger partial charge in [-0.2, -0.15) is 0 Å². The van der Waals surface area contributed by atoms with Crippen LogP contribution >= 0.6 is 0 Å². The van der Waals surface area contributed by atoms with E-state index in [0.717, 1.165) is 18.2 Å². The predicted molar refractivity (Wildman–Crippen MR) is 51.7 cm³/mol. The molecule has 0 aliphatic rings. The van der Waals surface area contributed by atoms with Crippen molar-refractivity contribution in [2.75, 3.05) is 0 Å². The second-order valence-electron chi connectivity index (χ2n) is 3.34. The van der Waals surface area contributed by atoms with Gasteiger partial charge in [0.2, 0.25) is 0 Å². The van der Waals surface area contributed by atoms with Gasteiger partial charge in [-0.25, -0.2) is 22.0 Å². The fourth-order valence-corrected chi connectivity index (χ4v) is 1.52. The Morgan fingerprint density at radius 2 is 1.00 bits per heavy atom. The molecular formula is C12H5F5. The first kappa shape index (κ1) is 11.6. The van der Waals surface area contributed by atoms with E-state index in [2.05, 4.69) is 0 Å². The van der Waals surface area contributed by atoms with Crippen LogP contribution in [-0.4, -0.2) is 0 Å². The Kier molecular flexibility index (Phi) is 2.83. The van der Waals surface area contributed by atoms with Gasteiger partial charge in [0.15, 0.2) is 0 Å². The molecule has 0 atom stereocenters. The van der Waals surface area contributed by atoms with Gasteiger partial charge in [0.1, 0.15) is 29.1 Å². The lowest BCUT2D eigenvalue weighted by Crippen LogP contribution is -1.97. The summed E-state index contributed by atoms with van der Waals surface area (Å²) in [5, 5.41) is 0. The second-order valence-corrected chi connectivity index (χ2v) is 3.34. The minimum Gasteiger partial charge on any atom is -0.207 e. The second kappa shape index (κ2) is 4.16. The number of halogens is 5. The molecule has 0 spiro atoms. The Morgan fingerprint density at radius 1 is 0.588 bits per heavy atom. The Labute approximate surface area is 93.3 Å². The zero-order chi connectivity index (χ0) is 12.6. The maximum absolute atomic E-state index is 13.3. The van der Waals surface area contributed by atoms with Crippen molar-refractivity contribution in [1.82, 2.24) is 0 Å². The third kappa shape index (κ3) is 2.00. The molecule has 2 aromatic rings. The molecule has 0 saturated carbocycles. The molecule has 0 N–H and O–H groups in total. The summed E-state index contributed by atoms with van der Waals surface area (Å²) in [6.07, 6.45) is 0. The van der Waals surface area contributed by atoms with Gasteiger partial charge in [-0.3, -0.25) is 0 Å². The molecule has 0 saturated heterocycles. The van der Waals surface area contributed by atoms with Crippen molar-refractivity contribution in [3.05, 3.63) is 59.4 Å². The van der Waals surface area contributed by atoms with Crippen molar-refractivity contribution in [3.8, 4) is 11.1 Å². The Hall–Kier alpha value is -1.91. The van der Waals surface area contributed by atoms with E-state index in [0.29, 0.717) is 12.1 Å². The van der Waals surface area contributed by atoms with E-state index in [1.807, 2.05) is 0 Å². The number of hydrogen-bond acceptors (Lipinski definition) is 0. The molecule has 0 heterocycles. The van der Waals surface area contributed by atoms with Crippen molar-refractivity contribution >= 4 is 0 Å². The molecule has 0 aromatic heterocycles. The topological polar surface area (TPSA) is 0 Å². The highest BCUT2D eigenvalue weighted by Gasteiger charge is 2.20. The molecule has 0 aliphatic carbocycles. The van der Waals surface area contributed by atoms with Crippen LogP contribution in [0.15, 0.2) is 30.3 Å². The van der Waals surface area contributed by atoms with Gasteiger partial charge < -0.3 is 0 Å². The van der Waals surface area contributed by atoms with Crippen molar-refractivity contribution < 1.29 is 22.0 Å². The van der Waals surface area contributed by atoms with E-state index in [1.165, 1.54) is 0 Å². The average molecular weight is 244 g/mol. The SMILES string of the molecule is Fc1cc(F)c(-c2c(F)cccc2F)c(F)c1.